The molecule has 100 valence electrons. The van der Waals surface area contributed by atoms with Crippen molar-refractivity contribution in [1.82, 2.24) is 9.97 Å². The summed E-state index contributed by atoms with van der Waals surface area (Å²) in [5, 5.41) is 19.3. The molecule has 0 atom stereocenters. The zero-order valence-corrected chi connectivity index (χ0v) is 10.5. The maximum atomic E-state index is 10.4. The largest absolute Gasteiger partial charge is 0.392 e. The fraction of sp³-hybridized carbons (Fsp3) is 0.667. The molecule has 1 aliphatic rings. The van der Waals surface area contributed by atoms with Gasteiger partial charge < -0.3 is 19.8 Å². The number of likely N-dealkylation sites (N-methyl/N-ethyl adjacent to an activating group) is 1. The molecule has 18 heavy (non-hydrogen) atoms. The zero-order chi connectivity index (χ0) is 13.0. The predicted molar refractivity (Wildman–Crippen MR) is 66.2 cm³/mol. The molecule has 0 spiro atoms. The first kappa shape index (κ1) is 13.2. The Morgan fingerprint density at radius 3 is 2.50 bits per heavy atom. The van der Waals surface area contributed by atoms with Crippen LogP contribution >= 0.6 is 0 Å². The van der Waals surface area contributed by atoms with Crippen molar-refractivity contribution >= 4 is 5.95 Å². The lowest BCUT2D eigenvalue weighted by Crippen LogP contribution is -2.46. The molecule has 1 aromatic rings. The molecule has 2 heterocycles. The highest BCUT2D eigenvalue weighted by Crippen LogP contribution is 2.22. The molecule has 1 aliphatic heterocycles. The van der Waals surface area contributed by atoms with Crippen molar-refractivity contribution < 1.29 is 14.9 Å². The second-order valence-corrected chi connectivity index (χ2v) is 4.74. The minimum absolute atomic E-state index is 0.0642. The van der Waals surface area contributed by atoms with Gasteiger partial charge in [-0.25, -0.2) is 9.97 Å². The van der Waals surface area contributed by atoms with Crippen LogP contribution in [0.3, 0.4) is 0 Å². The van der Waals surface area contributed by atoms with Crippen LogP contribution in [-0.4, -0.2) is 52.6 Å². The van der Waals surface area contributed by atoms with E-state index in [2.05, 4.69) is 9.97 Å². The van der Waals surface area contributed by atoms with Crippen molar-refractivity contribution in [2.75, 3.05) is 31.7 Å². The molecular formula is C12H19N3O3. The molecule has 1 saturated heterocycles. The highest BCUT2D eigenvalue weighted by molar-refractivity contribution is 5.29. The molecule has 0 unspecified atom stereocenters. The summed E-state index contributed by atoms with van der Waals surface area (Å²) < 4.78 is 5.24. The van der Waals surface area contributed by atoms with Crippen LogP contribution in [0.1, 0.15) is 18.4 Å². The minimum Gasteiger partial charge on any atom is -0.392 e. The van der Waals surface area contributed by atoms with Gasteiger partial charge in [0.05, 0.1) is 12.2 Å². The highest BCUT2D eigenvalue weighted by Gasteiger charge is 2.31. The van der Waals surface area contributed by atoms with Crippen LogP contribution in [0.2, 0.25) is 0 Å². The van der Waals surface area contributed by atoms with E-state index in [-0.39, 0.29) is 6.61 Å². The third-order valence-corrected chi connectivity index (χ3v) is 3.17. The third-order valence-electron chi connectivity index (χ3n) is 3.17. The minimum atomic E-state index is -0.730. The van der Waals surface area contributed by atoms with Gasteiger partial charge in [0.1, 0.15) is 0 Å². The molecule has 2 N–H and O–H groups in total. The number of rotatable bonds is 4. The first-order chi connectivity index (χ1) is 8.63. The van der Waals surface area contributed by atoms with Crippen molar-refractivity contribution in [1.29, 1.82) is 0 Å². The molecule has 1 aromatic heterocycles. The summed E-state index contributed by atoms with van der Waals surface area (Å²) in [5.41, 5.74) is -0.0524. The smallest absolute Gasteiger partial charge is 0.225 e. The van der Waals surface area contributed by atoms with E-state index in [1.54, 1.807) is 12.4 Å². The average molecular weight is 253 g/mol. The first-order valence-electron chi connectivity index (χ1n) is 6.06. The molecule has 2 rings (SSSR count). The first-order valence-corrected chi connectivity index (χ1v) is 6.06. The number of anilines is 1. The van der Waals surface area contributed by atoms with Crippen LogP contribution in [0.4, 0.5) is 5.95 Å². The summed E-state index contributed by atoms with van der Waals surface area (Å²) in [6, 6.07) is 0. The van der Waals surface area contributed by atoms with Gasteiger partial charge in [-0.05, 0) is 0 Å². The van der Waals surface area contributed by atoms with E-state index in [4.69, 9.17) is 9.84 Å². The second kappa shape index (κ2) is 5.60. The van der Waals surface area contributed by atoms with Gasteiger partial charge in [-0.15, -0.1) is 0 Å². The van der Waals surface area contributed by atoms with E-state index in [1.807, 2.05) is 11.9 Å². The molecule has 0 bridgehead atoms. The number of hydrogen-bond donors (Lipinski definition) is 2. The monoisotopic (exact) mass is 253 g/mol. The number of ether oxygens (including phenoxy) is 1. The highest BCUT2D eigenvalue weighted by atomic mass is 16.5. The molecule has 0 aliphatic carbocycles. The Labute approximate surface area is 106 Å². The standard InChI is InChI=1S/C12H19N3O3/c1-15(9-12(17)2-4-18-5-3-12)11-13-6-10(8-16)7-14-11/h6-7,16-17H,2-5,8-9H2,1H3. The van der Waals surface area contributed by atoms with Crippen LogP contribution < -0.4 is 4.90 Å². The van der Waals surface area contributed by atoms with Crippen molar-refractivity contribution in [3.63, 3.8) is 0 Å². The number of aromatic nitrogens is 2. The molecule has 6 heteroatoms. The third kappa shape index (κ3) is 3.16. The topological polar surface area (TPSA) is 78.7 Å². The van der Waals surface area contributed by atoms with E-state index >= 15 is 0 Å². The van der Waals surface area contributed by atoms with E-state index in [9.17, 15) is 5.11 Å². The summed E-state index contributed by atoms with van der Waals surface area (Å²) in [5.74, 6) is 0.548. The van der Waals surface area contributed by atoms with E-state index in [0.717, 1.165) is 0 Å². The maximum absolute atomic E-state index is 10.4. The summed E-state index contributed by atoms with van der Waals surface area (Å²) in [7, 11) is 1.85. The molecule has 0 aromatic carbocycles. The molecular weight excluding hydrogens is 234 g/mol. The quantitative estimate of drug-likeness (QED) is 0.783. The van der Waals surface area contributed by atoms with E-state index < -0.39 is 5.60 Å². The SMILES string of the molecule is CN(CC1(O)CCOCC1)c1ncc(CO)cn1. The lowest BCUT2D eigenvalue weighted by atomic mass is 9.94. The molecule has 1 fully saturated rings. The van der Waals surface area contributed by atoms with Crippen LogP contribution in [0.5, 0.6) is 0 Å². The number of hydrogen-bond acceptors (Lipinski definition) is 6. The molecule has 6 nitrogen and oxygen atoms in total. The molecule has 0 radical (unpaired) electrons. The lowest BCUT2D eigenvalue weighted by molar-refractivity contribution is -0.0574. The average Bonchev–Trinajstić information content (AvgIpc) is 2.39. The summed E-state index contributed by atoms with van der Waals surface area (Å²) in [6.07, 6.45) is 4.44. The maximum Gasteiger partial charge on any atom is 0.225 e. The Kier molecular flexibility index (Phi) is 4.11. The molecule has 0 amide bonds. The van der Waals surface area contributed by atoms with Crippen LogP contribution in [0.15, 0.2) is 12.4 Å². The van der Waals surface area contributed by atoms with Gasteiger partial charge >= 0.3 is 0 Å². The van der Waals surface area contributed by atoms with E-state index in [1.165, 1.54) is 0 Å². The lowest BCUT2D eigenvalue weighted by Gasteiger charge is -2.35. The zero-order valence-electron chi connectivity index (χ0n) is 10.5. The van der Waals surface area contributed by atoms with Gasteiger partial charge in [0.2, 0.25) is 5.95 Å². The fourth-order valence-electron chi connectivity index (χ4n) is 2.05. The Morgan fingerprint density at radius 2 is 1.94 bits per heavy atom. The van der Waals surface area contributed by atoms with Gasteiger partial charge in [-0.2, -0.15) is 0 Å². The molecule has 0 saturated carbocycles. The van der Waals surface area contributed by atoms with Crippen molar-refractivity contribution in [3.05, 3.63) is 18.0 Å². The normalized spacial score (nSPS) is 18.6. The Morgan fingerprint density at radius 1 is 1.33 bits per heavy atom. The summed E-state index contributed by atoms with van der Waals surface area (Å²) in [4.78, 5) is 10.1. The number of aliphatic hydroxyl groups is 2. The van der Waals surface area contributed by atoms with E-state index in [0.29, 0.717) is 44.1 Å². The van der Waals surface area contributed by atoms with Crippen LogP contribution in [-0.2, 0) is 11.3 Å². The number of aliphatic hydroxyl groups excluding tert-OH is 1. The van der Waals surface area contributed by atoms with Gasteiger partial charge in [-0.3, -0.25) is 0 Å². The van der Waals surface area contributed by atoms with Gasteiger partial charge in [0.15, 0.2) is 0 Å². The Bertz CT molecular complexity index is 377. The van der Waals surface area contributed by atoms with Gasteiger partial charge in [-0.1, -0.05) is 0 Å². The van der Waals surface area contributed by atoms with Crippen molar-refractivity contribution in [3.8, 4) is 0 Å². The fourth-order valence-corrected chi connectivity index (χ4v) is 2.05. The van der Waals surface area contributed by atoms with Gasteiger partial charge in [0, 0.05) is 57.6 Å². The van der Waals surface area contributed by atoms with Crippen LogP contribution in [0, 0.1) is 0 Å². The predicted octanol–water partition coefficient (Wildman–Crippen LogP) is -0.0534. The number of nitrogens with zero attached hydrogens (tertiary/aromatic N) is 3. The Balaban J connectivity index is 1.99. The Hall–Kier alpha value is -1.24. The van der Waals surface area contributed by atoms with Crippen molar-refractivity contribution in [2.45, 2.75) is 25.0 Å². The summed E-state index contributed by atoms with van der Waals surface area (Å²) in [6.45, 7) is 1.60. The van der Waals surface area contributed by atoms with Crippen LogP contribution in [0.25, 0.3) is 0 Å². The summed E-state index contributed by atoms with van der Waals surface area (Å²) >= 11 is 0. The second-order valence-electron chi connectivity index (χ2n) is 4.74. The van der Waals surface area contributed by atoms with Crippen molar-refractivity contribution in [2.24, 2.45) is 0 Å². The van der Waals surface area contributed by atoms with Gasteiger partial charge in [0.25, 0.3) is 0 Å².